The van der Waals surface area contributed by atoms with Crippen molar-refractivity contribution in [2.45, 2.75) is 64.8 Å². The summed E-state index contributed by atoms with van der Waals surface area (Å²) in [4.78, 5) is 2.77. The lowest BCUT2D eigenvalue weighted by molar-refractivity contribution is 0.118. The third-order valence-electron chi connectivity index (χ3n) is 6.35. The van der Waals surface area contributed by atoms with E-state index in [1.807, 2.05) is 0 Å². The Hall–Kier alpha value is -0.820. The molecule has 20 heavy (non-hydrogen) atoms. The van der Waals surface area contributed by atoms with E-state index in [0.29, 0.717) is 5.41 Å². The normalized spacial score (nSPS) is 33.7. The van der Waals surface area contributed by atoms with Crippen LogP contribution in [-0.4, -0.2) is 24.0 Å². The van der Waals surface area contributed by atoms with Gasteiger partial charge in [0.2, 0.25) is 0 Å². The molecule has 0 amide bonds. The quantitative estimate of drug-likeness (QED) is 0.763. The second-order valence-electron chi connectivity index (χ2n) is 7.75. The van der Waals surface area contributed by atoms with Crippen LogP contribution >= 0.6 is 0 Å². The lowest BCUT2D eigenvalue weighted by Crippen LogP contribution is -2.50. The number of likely N-dealkylation sites (tertiary alicyclic amines) is 1. The second-order valence-corrected chi connectivity index (χ2v) is 7.75. The molecule has 0 unspecified atom stereocenters. The molecule has 110 valence electrons. The van der Waals surface area contributed by atoms with Crippen molar-refractivity contribution in [1.29, 1.82) is 0 Å². The number of aryl methyl sites for hydroxylation is 1. The van der Waals surface area contributed by atoms with Gasteiger partial charge in [-0.05, 0) is 56.7 Å². The molecule has 1 nitrogen and oxygen atoms in total. The first kappa shape index (κ1) is 14.1. The van der Waals surface area contributed by atoms with Crippen LogP contribution in [0.4, 0.5) is 0 Å². The van der Waals surface area contributed by atoms with E-state index in [1.54, 1.807) is 5.56 Å². The molecule has 1 aliphatic carbocycles. The molecule has 0 N–H and O–H groups in total. The second kappa shape index (κ2) is 4.87. The molecular weight excluding hydrogens is 242 g/mol. The Morgan fingerprint density at radius 1 is 1.00 bits per heavy atom. The standard InChI is InChI=1S/C19H29N/c1-15-7-9-16(10-8-15)19(4)17(11-12-18(19,2)3)20-13-5-6-14-20/h7-10,17H,5-6,11-14H2,1-4H3/t17-,19-/m0/s1. The van der Waals surface area contributed by atoms with Gasteiger partial charge in [-0.2, -0.15) is 0 Å². The zero-order valence-corrected chi connectivity index (χ0v) is 13.6. The molecule has 1 aromatic carbocycles. The van der Waals surface area contributed by atoms with Gasteiger partial charge in [0.15, 0.2) is 0 Å². The number of benzene rings is 1. The fourth-order valence-corrected chi connectivity index (χ4v) is 4.58. The van der Waals surface area contributed by atoms with Crippen LogP contribution in [0.2, 0.25) is 0 Å². The van der Waals surface area contributed by atoms with Crippen molar-refractivity contribution in [2.75, 3.05) is 13.1 Å². The van der Waals surface area contributed by atoms with E-state index in [1.165, 1.54) is 44.3 Å². The van der Waals surface area contributed by atoms with Crippen LogP contribution in [0.3, 0.4) is 0 Å². The predicted molar refractivity (Wildman–Crippen MR) is 86.1 cm³/mol. The predicted octanol–water partition coefficient (Wildman–Crippen LogP) is 4.54. The average Bonchev–Trinajstić information content (AvgIpc) is 2.99. The largest absolute Gasteiger partial charge is 0.299 e. The number of nitrogens with zero attached hydrogens (tertiary/aromatic N) is 1. The van der Waals surface area contributed by atoms with Crippen LogP contribution < -0.4 is 0 Å². The highest BCUT2D eigenvalue weighted by molar-refractivity contribution is 5.34. The van der Waals surface area contributed by atoms with Gasteiger partial charge in [0.05, 0.1) is 0 Å². The van der Waals surface area contributed by atoms with Gasteiger partial charge in [-0.15, -0.1) is 0 Å². The van der Waals surface area contributed by atoms with Crippen LogP contribution in [0.25, 0.3) is 0 Å². The molecule has 1 saturated carbocycles. The molecule has 2 atom stereocenters. The maximum atomic E-state index is 2.77. The molecular formula is C19H29N. The molecule has 1 aromatic rings. The number of rotatable bonds is 2. The summed E-state index contributed by atoms with van der Waals surface area (Å²) in [6.45, 7) is 12.3. The van der Waals surface area contributed by atoms with Gasteiger partial charge in [0, 0.05) is 11.5 Å². The Morgan fingerprint density at radius 3 is 2.20 bits per heavy atom. The Balaban J connectivity index is 2.01. The topological polar surface area (TPSA) is 3.24 Å². The lowest BCUT2D eigenvalue weighted by Gasteiger charge is -2.46. The Morgan fingerprint density at radius 2 is 1.60 bits per heavy atom. The van der Waals surface area contributed by atoms with Crippen molar-refractivity contribution in [1.82, 2.24) is 4.90 Å². The molecule has 1 saturated heterocycles. The fourth-order valence-electron chi connectivity index (χ4n) is 4.58. The van der Waals surface area contributed by atoms with Crippen LogP contribution in [-0.2, 0) is 5.41 Å². The Kier molecular flexibility index (Phi) is 3.44. The minimum absolute atomic E-state index is 0.283. The van der Waals surface area contributed by atoms with E-state index in [-0.39, 0.29) is 5.41 Å². The summed E-state index contributed by atoms with van der Waals surface area (Å²) in [5.41, 5.74) is 3.58. The smallest absolute Gasteiger partial charge is 0.0195 e. The van der Waals surface area contributed by atoms with Crippen LogP contribution in [0.5, 0.6) is 0 Å². The summed E-state index contributed by atoms with van der Waals surface area (Å²) in [5.74, 6) is 0. The minimum atomic E-state index is 0.283. The maximum Gasteiger partial charge on any atom is 0.0195 e. The maximum absolute atomic E-state index is 2.77. The van der Waals surface area contributed by atoms with Gasteiger partial charge < -0.3 is 0 Å². The summed E-state index contributed by atoms with van der Waals surface area (Å²) < 4.78 is 0. The molecule has 0 radical (unpaired) electrons. The molecule has 0 bridgehead atoms. The van der Waals surface area contributed by atoms with E-state index in [2.05, 4.69) is 56.9 Å². The molecule has 2 aliphatic rings. The van der Waals surface area contributed by atoms with E-state index >= 15 is 0 Å². The van der Waals surface area contributed by atoms with E-state index in [0.717, 1.165) is 6.04 Å². The summed E-state index contributed by atoms with van der Waals surface area (Å²) in [7, 11) is 0. The highest BCUT2D eigenvalue weighted by Gasteiger charge is 2.54. The van der Waals surface area contributed by atoms with Crippen molar-refractivity contribution in [2.24, 2.45) is 5.41 Å². The molecule has 0 aromatic heterocycles. The van der Waals surface area contributed by atoms with Crippen molar-refractivity contribution in [3.63, 3.8) is 0 Å². The number of hydrogen-bond donors (Lipinski definition) is 0. The lowest BCUT2D eigenvalue weighted by atomic mass is 9.63. The van der Waals surface area contributed by atoms with E-state index in [9.17, 15) is 0 Å². The third kappa shape index (κ3) is 2.02. The summed E-state index contributed by atoms with van der Waals surface area (Å²) in [6, 6.07) is 10.1. The Bertz CT molecular complexity index is 467. The molecule has 1 heteroatoms. The third-order valence-corrected chi connectivity index (χ3v) is 6.35. The zero-order chi connectivity index (χ0) is 14.4. The first-order chi connectivity index (χ1) is 9.45. The van der Waals surface area contributed by atoms with Gasteiger partial charge >= 0.3 is 0 Å². The minimum Gasteiger partial charge on any atom is -0.299 e. The highest BCUT2D eigenvalue weighted by Crippen LogP contribution is 2.55. The van der Waals surface area contributed by atoms with Crippen LogP contribution in [0, 0.1) is 12.3 Å². The van der Waals surface area contributed by atoms with Gasteiger partial charge in [-0.25, -0.2) is 0 Å². The van der Waals surface area contributed by atoms with Crippen molar-refractivity contribution >= 4 is 0 Å². The molecule has 1 aliphatic heterocycles. The summed E-state index contributed by atoms with van der Waals surface area (Å²) in [5, 5.41) is 0. The van der Waals surface area contributed by atoms with Crippen molar-refractivity contribution < 1.29 is 0 Å². The van der Waals surface area contributed by atoms with Crippen LogP contribution in [0.1, 0.15) is 57.6 Å². The zero-order valence-electron chi connectivity index (χ0n) is 13.6. The molecule has 1 heterocycles. The first-order valence-corrected chi connectivity index (χ1v) is 8.26. The monoisotopic (exact) mass is 271 g/mol. The highest BCUT2D eigenvalue weighted by atomic mass is 15.2. The first-order valence-electron chi connectivity index (χ1n) is 8.26. The van der Waals surface area contributed by atoms with Gasteiger partial charge in [0.1, 0.15) is 0 Å². The van der Waals surface area contributed by atoms with Gasteiger partial charge in [0.25, 0.3) is 0 Å². The summed E-state index contributed by atoms with van der Waals surface area (Å²) in [6.07, 6.45) is 5.48. The Labute approximate surface area is 124 Å². The van der Waals surface area contributed by atoms with Crippen molar-refractivity contribution in [3.8, 4) is 0 Å². The van der Waals surface area contributed by atoms with Gasteiger partial charge in [-0.3, -0.25) is 4.90 Å². The van der Waals surface area contributed by atoms with Crippen LogP contribution in [0.15, 0.2) is 24.3 Å². The molecule has 2 fully saturated rings. The fraction of sp³-hybridized carbons (Fsp3) is 0.684. The SMILES string of the molecule is Cc1ccc([C@@]2(C)[C@@H](N3CCCC3)CCC2(C)C)cc1. The average molecular weight is 271 g/mol. The molecule has 3 rings (SSSR count). The van der Waals surface area contributed by atoms with Gasteiger partial charge in [-0.1, -0.05) is 50.6 Å². The molecule has 0 spiro atoms. The summed E-state index contributed by atoms with van der Waals surface area (Å²) >= 11 is 0. The van der Waals surface area contributed by atoms with E-state index < -0.39 is 0 Å². The van der Waals surface area contributed by atoms with Crippen molar-refractivity contribution in [3.05, 3.63) is 35.4 Å². The van der Waals surface area contributed by atoms with E-state index in [4.69, 9.17) is 0 Å². The number of hydrogen-bond acceptors (Lipinski definition) is 1.